The van der Waals surface area contributed by atoms with Gasteiger partial charge in [0, 0.05) is 17.2 Å². The number of methoxy groups -OCH3 is 1. The van der Waals surface area contributed by atoms with Crippen molar-refractivity contribution >= 4 is 12.1 Å². The Labute approximate surface area is 174 Å². The smallest absolute Gasteiger partial charge is 0.271 e. The van der Waals surface area contributed by atoms with Crippen LogP contribution in [0.2, 0.25) is 0 Å². The molecule has 5 nitrogen and oxygen atoms in total. The van der Waals surface area contributed by atoms with Gasteiger partial charge >= 0.3 is 0 Å². The van der Waals surface area contributed by atoms with E-state index < -0.39 is 41.5 Å². The molecule has 0 heterocycles. The van der Waals surface area contributed by atoms with Gasteiger partial charge in [-0.1, -0.05) is 18.2 Å². The van der Waals surface area contributed by atoms with Gasteiger partial charge in [0.1, 0.15) is 12.4 Å². The first-order valence-corrected chi connectivity index (χ1v) is 8.92. The predicted molar refractivity (Wildman–Crippen MR) is 105 cm³/mol. The monoisotopic (exact) mass is 432 g/mol. The van der Waals surface area contributed by atoms with Gasteiger partial charge in [-0.2, -0.15) is 13.9 Å². The molecule has 0 fully saturated rings. The van der Waals surface area contributed by atoms with Gasteiger partial charge in [0.2, 0.25) is 11.6 Å². The molecule has 0 atom stereocenters. The molecule has 0 aliphatic rings. The second kappa shape index (κ2) is 9.75. The van der Waals surface area contributed by atoms with Crippen LogP contribution in [-0.2, 0) is 6.61 Å². The zero-order chi connectivity index (χ0) is 22.4. The molecule has 0 spiro atoms. The van der Waals surface area contributed by atoms with E-state index in [0.29, 0.717) is 22.4 Å². The fourth-order valence-corrected chi connectivity index (χ4v) is 2.64. The minimum atomic E-state index is -1.64. The van der Waals surface area contributed by atoms with E-state index in [0.717, 1.165) is 0 Å². The summed E-state index contributed by atoms with van der Waals surface area (Å²) in [5, 5.41) is 3.86. The first-order valence-electron chi connectivity index (χ1n) is 8.92. The van der Waals surface area contributed by atoms with Crippen LogP contribution >= 0.6 is 0 Å². The molecule has 0 radical (unpaired) electrons. The third kappa shape index (κ3) is 5.19. The highest BCUT2D eigenvalue weighted by molar-refractivity contribution is 5.94. The van der Waals surface area contributed by atoms with Gasteiger partial charge in [0.25, 0.3) is 5.91 Å². The van der Waals surface area contributed by atoms with E-state index in [1.165, 1.54) is 25.5 Å². The van der Waals surface area contributed by atoms with E-state index in [1.807, 2.05) is 0 Å². The molecule has 3 aromatic carbocycles. The van der Waals surface area contributed by atoms with Gasteiger partial charge in [-0.15, -0.1) is 0 Å². The first-order chi connectivity index (χ1) is 14.9. The maximum Gasteiger partial charge on any atom is 0.271 e. The molecule has 1 N–H and O–H groups in total. The van der Waals surface area contributed by atoms with Gasteiger partial charge in [0.05, 0.1) is 13.3 Å². The van der Waals surface area contributed by atoms with Crippen LogP contribution in [0.4, 0.5) is 17.6 Å². The third-order valence-electron chi connectivity index (χ3n) is 4.16. The summed E-state index contributed by atoms with van der Waals surface area (Å²) in [6.07, 6.45) is 1.34. The molecule has 9 heteroatoms. The Balaban J connectivity index is 1.75. The Morgan fingerprint density at radius 1 is 1.00 bits per heavy atom. The van der Waals surface area contributed by atoms with Crippen LogP contribution < -0.4 is 14.9 Å². The number of carbonyl (C=O) groups excluding carboxylic acids is 1. The maximum absolute atomic E-state index is 13.8. The van der Waals surface area contributed by atoms with Crippen molar-refractivity contribution in [3.8, 4) is 11.5 Å². The van der Waals surface area contributed by atoms with E-state index in [9.17, 15) is 22.4 Å². The molecule has 0 saturated carbocycles. The van der Waals surface area contributed by atoms with Crippen LogP contribution in [0.5, 0.6) is 11.5 Å². The van der Waals surface area contributed by atoms with Crippen molar-refractivity contribution in [3.63, 3.8) is 0 Å². The zero-order valence-corrected chi connectivity index (χ0v) is 16.2. The number of hydrogen-bond acceptors (Lipinski definition) is 4. The van der Waals surface area contributed by atoms with Crippen molar-refractivity contribution in [2.45, 2.75) is 6.61 Å². The average Bonchev–Trinajstić information content (AvgIpc) is 2.78. The van der Waals surface area contributed by atoms with Crippen molar-refractivity contribution in [2.24, 2.45) is 5.10 Å². The minimum Gasteiger partial charge on any atom is -0.496 e. The Morgan fingerprint density at radius 2 is 1.68 bits per heavy atom. The lowest BCUT2D eigenvalue weighted by Gasteiger charge is -2.12. The number of carbonyl (C=O) groups is 1. The second-order valence-corrected chi connectivity index (χ2v) is 6.22. The highest BCUT2D eigenvalue weighted by Crippen LogP contribution is 2.28. The second-order valence-electron chi connectivity index (χ2n) is 6.22. The molecule has 0 bridgehead atoms. The Kier molecular flexibility index (Phi) is 6.86. The van der Waals surface area contributed by atoms with Crippen molar-refractivity contribution < 1.29 is 31.8 Å². The molecule has 0 aliphatic heterocycles. The summed E-state index contributed by atoms with van der Waals surface area (Å²) in [6.45, 7) is -0.446. The van der Waals surface area contributed by atoms with Gasteiger partial charge < -0.3 is 9.47 Å². The van der Waals surface area contributed by atoms with Gasteiger partial charge in [0.15, 0.2) is 17.4 Å². The van der Waals surface area contributed by atoms with Gasteiger partial charge in [-0.05, 0) is 35.9 Å². The molecule has 0 aliphatic carbocycles. The molecule has 0 aromatic heterocycles. The minimum absolute atomic E-state index is 0.0962. The fourth-order valence-electron chi connectivity index (χ4n) is 2.64. The summed E-state index contributed by atoms with van der Waals surface area (Å²) < 4.78 is 64.4. The molecule has 3 aromatic rings. The number of nitrogens with one attached hydrogen (secondary N) is 1. The van der Waals surface area contributed by atoms with E-state index in [1.54, 1.807) is 36.4 Å². The largest absolute Gasteiger partial charge is 0.496 e. The number of nitrogens with zero attached hydrogens (tertiary/aromatic N) is 1. The standard InChI is InChI=1S/C22H16F4N2O3/c1-30-18-8-7-13(11-27-28-22(29)14-5-3-2-4-6-14)9-15(18)12-31-21-19(25)16(23)10-17(24)20(21)26/h2-11H,12H2,1H3,(H,28,29)/b27-11-. The molecule has 160 valence electrons. The number of hydrogen-bond donors (Lipinski definition) is 1. The summed E-state index contributed by atoms with van der Waals surface area (Å²) in [7, 11) is 1.37. The molecule has 31 heavy (non-hydrogen) atoms. The van der Waals surface area contributed by atoms with Crippen LogP contribution in [-0.4, -0.2) is 19.2 Å². The van der Waals surface area contributed by atoms with Crippen LogP contribution in [0.25, 0.3) is 0 Å². The van der Waals surface area contributed by atoms with E-state index in [-0.39, 0.29) is 6.07 Å². The van der Waals surface area contributed by atoms with Crippen LogP contribution in [0.15, 0.2) is 59.7 Å². The van der Waals surface area contributed by atoms with Crippen LogP contribution in [0.1, 0.15) is 21.5 Å². The zero-order valence-electron chi connectivity index (χ0n) is 16.2. The lowest BCUT2D eigenvalue weighted by Crippen LogP contribution is -2.17. The summed E-state index contributed by atoms with van der Waals surface area (Å²) in [4.78, 5) is 12.0. The van der Waals surface area contributed by atoms with E-state index >= 15 is 0 Å². The van der Waals surface area contributed by atoms with E-state index in [4.69, 9.17) is 9.47 Å². The maximum atomic E-state index is 13.8. The SMILES string of the molecule is COc1ccc(/C=N\NC(=O)c2ccccc2)cc1COc1c(F)c(F)cc(F)c1F. The molecule has 1 amide bonds. The highest BCUT2D eigenvalue weighted by atomic mass is 19.2. The first kappa shape index (κ1) is 21.8. The summed E-state index contributed by atoms with van der Waals surface area (Å²) >= 11 is 0. The topological polar surface area (TPSA) is 59.9 Å². The number of hydrazone groups is 1. The lowest BCUT2D eigenvalue weighted by molar-refractivity contribution is 0.0955. The number of ether oxygens (including phenoxy) is 2. The predicted octanol–water partition coefficient (Wildman–Crippen LogP) is 4.59. The van der Waals surface area contributed by atoms with Crippen LogP contribution in [0, 0.1) is 23.3 Å². The molecular formula is C22H16F4N2O3. The Bertz CT molecular complexity index is 1100. The number of amides is 1. The molecule has 0 saturated heterocycles. The van der Waals surface area contributed by atoms with Gasteiger partial charge in [-0.3, -0.25) is 4.79 Å². The summed E-state index contributed by atoms with van der Waals surface area (Å²) in [6, 6.07) is 13.2. The molecule has 3 rings (SSSR count). The van der Waals surface area contributed by atoms with Gasteiger partial charge in [-0.25, -0.2) is 14.2 Å². The normalized spacial score (nSPS) is 10.9. The van der Waals surface area contributed by atoms with Crippen molar-refractivity contribution in [2.75, 3.05) is 7.11 Å². The quantitative estimate of drug-likeness (QED) is 0.257. The number of halogens is 4. The fraction of sp³-hybridized carbons (Fsp3) is 0.0909. The van der Waals surface area contributed by atoms with E-state index in [2.05, 4.69) is 10.5 Å². The summed E-state index contributed by atoms with van der Waals surface area (Å²) in [5.74, 6) is -7.70. The number of benzene rings is 3. The average molecular weight is 432 g/mol. The highest BCUT2D eigenvalue weighted by Gasteiger charge is 2.21. The Morgan fingerprint density at radius 3 is 2.32 bits per heavy atom. The van der Waals surface area contributed by atoms with Crippen molar-refractivity contribution in [1.82, 2.24) is 5.43 Å². The van der Waals surface area contributed by atoms with Crippen LogP contribution in [0.3, 0.4) is 0 Å². The third-order valence-corrected chi connectivity index (χ3v) is 4.16. The lowest BCUT2D eigenvalue weighted by atomic mass is 10.1. The van der Waals surface area contributed by atoms with Crippen molar-refractivity contribution in [1.29, 1.82) is 0 Å². The van der Waals surface area contributed by atoms with Crippen molar-refractivity contribution in [3.05, 3.63) is 94.6 Å². The Hall–Kier alpha value is -3.88. The summed E-state index contributed by atoms with van der Waals surface area (Å²) in [5.41, 5.74) is 3.61. The molecular weight excluding hydrogens is 416 g/mol. The molecule has 0 unspecified atom stereocenters. The number of rotatable bonds is 7.